The maximum absolute atomic E-state index is 11.9. The number of ether oxygens (including phenoxy) is 2. The average molecular weight is 303 g/mol. The van der Waals surface area contributed by atoms with Gasteiger partial charge in [0, 0.05) is 22.1 Å². The second-order valence-electron chi connectivity index (χ2n) is 5.06. The quantitative estimate of drug-likeness (QED) is 0.619. The molecule has 2 aromatic carbocycles. The van der Waals surface area contributed by atoms with Crippen molar-refractivity contribution >= 4 is 17.6 Å². The Morgan fingerprint density at radius 1 is 1.24 bits per heavy atom. The highest BCUT2D eigenvalue weighted by molar-refractivity contribution is 6.31. The Hall–Kier alpha value is -2.00. The van der Waals surface area contributed by atoms with Crippen LogP contribution in [-0.4, -0.2) is 13.1 Å². The molecule has 0 bridgehead atoms. The summed E-state index contributed by atoms with van der Waals surface area (Å²) in [6.07, 6.45) is 0.286. The zero-order chi connectivity index (χ0) is 15.0. The Bertz CT molecular complexity index is 709. The summed E-state index contributed by atoms with van der Waals surface area (Å²) in [6, 6.07) is 11.2. The van der Waals surface area contributed by atoms with Crippen molar-refractivity contribution in [2.45, 2.75) is 19.3 Å². The fourth-order valence-electron chi connectivity index (χ4n) is 2.85. The molecule has 0 fully saturated rings. The summed E-state index contributed by atoms with van der Waals surface area (Å²) in [5.41, 5.74) is 2.88. The van der Waals surface area contributed by atoms with E-state index in [1.807, 2.05) is 31.2 Å². The van der Waals surface area contributed by atoms with Crippen LogP contribution in [0.1, 0.15) is 29.0 Å². The van der Waals surface area contributed by atoms with Gasteiger partial charge < -0.3 is 9.47 Å². The molecule has 0 aliphatic carbocycles. The number of rotatable bonds is 2. The van der Waals surface area contributed by atoms with Gasteiger partial charge in [-0.2, -0.15) is 0 Å². The number of halogens is 1. The van der Waals surface area contributed by atoms with Crippen molar-refractivity contribution in [3.63, 3.8) is 0 Å². The molecule has 0 spiro atoms. The Balaban J connectivity index is 2.21. The van der Waals surface area contributed by atoms with Gasteiger partial charge in [0.2, 0.25) is 0 Å². The van der Waals surface area contributed by atoms with Gasteiger partial charge in [0.05, 0.1) is 13.5 Å². The molecular formula is C17H15ClO3. The Labute approximate surface area is 128 Å². The molecule has 21 heavy (non-hydrogen) atoms. The number of benzene rings is 2. The largest absolute Gasteiger partial charge is 0.496 e. The predicted octanol–water partition coefficient (Wildman–Crippen LogP) is 4.10. The van der Waals surface area contributed by atoms with Crippen LogP contribution >= 0.6 is 11.6 Å². The number of carbonyl (C=O) groups excluding carboxylic acids is 1. The summed E-state index contributed by atoms with van der Waals surface area (Å²) in [4.78, 5) is 11.9. The minimum Gasteiger partial charge on any atom is -0.496 e. The first-order valence-corrected chi connectivity index (χ1v) is 7.12. The highest BCUT2D eigenvalue weighted by atomic mass is 35.5. The van der Waals surface area contributed by atoms with Crippen LogP contribution in [0.3, 0.4) is 0 Å². The van der Waals surface area contributed by atoms with Gasteiger partial charge in [-0.1, -0.05) is 29.8 Å². The third-order valence-corrected chi connectivity index (χ3v) is 4.28. The van der Waals surface area contributed by atoms with E-state index in [2.05, 4.69) is 0 Å². The van der Waals surface area contributed by atoms with E-state index in [4.69, 9.17) is 21.1 Å². The molecule has 0 saturated heterocycles. The maximum Gasteiger partial charge on any atom is 0.312 e. The van der Waals surface area contributed by atoms with E-state index in [-0.39, 0.29) is 18.3 Å². The lowest BCUT2D eigenvalue weighted by atomic mass is 9.83. The van der Waals surface area contributed by atoms with Gasteiger partial charge >= 0.3 is 5.97 Å². The molecule has 4 heteroatoms. The molecule has 0 unspecified atom stereocenters. The second-order valence-corrected chi connectivity index (χ2v) is 5.46. The first-order valence-electron chi connectivity index (χ1n) is 6.74. The molecule has 108 valence electrons. The fraction of sp³-hybridized carbons (Fsp3) is 0.235. The van der Waals surface area contributed by atoms with Crippen LogP contribution in [0, 0.1) is 6.92 Å². The molecule has 3 nitrogen and oxygen atoms in total. The normalized spacial score (nSPS) is 17.1. The molecule has 2 aromatic rings. The van der Waals surface area contributed by atoms with Crippen molar-refractivity contribution < 1.29 is 14.3 Å². The van der Waals surface area contributed by atoms with Gasteiger partial charge in [0.15, 0.2) is 0 Å². The lowest BCUT2D eigenvalue weighted by Gasteiger charge is -2.28. The van der Waals surface area contributed by atoms with E-state index in [9.17, 15) is 4.79 Å². The maximum atomic E-state index is 11.9. The van der Waals surface area contributed by atoms with Crippen molar-refractivity contribution in [1.82, 2.24) is 0 Å². The number of para-hydroxylation sites is 1. The first-order chi connectivity index (χ1) is 10.1. The number of hydrogen-bond donors (Lipinski definition) is 0. The van der Waals surface area contributed by atoms with Gasteiger partial charge in [-0.05, 0) is 30.7 Å². The monoisotopic (exact) mass is 302 g/mol. The summed E-state index contributed by atoms with van der Waals surface area (Å²) in [5.74, 6) is 1.02. The summed E-state index contributed by atoms with van der Waals surface area (Å²) < 4.78 is 10.8. The van der Waals surface area contributed by atoms with Gasteiger partial charge in [-0.15, -0.1) is 0 Å². The number of fused-ring (bicyclic) bond motifs is 1. The zero-order valence-corrected chi connectivity index (χ0v) is 12.6. The number of hydrogen-bond acceptors (Lipinski definition) is 3. The standard InChI is InChI=1S/C17H15ClO3/c1-10-13(18)7-8-15-17(10)12(9-16(19)21-15)11-5-3-4-6-14(11)20-2/h3-8,12H,9H2,1-2H3/t12-/m0/s1. The van der Waals surface area contributed by atoms with E-state index < -0.39 is 0 Å². The Morgan fingerprint density at radius 3 is 2.76 bits per heavy atom. The van der Waals surface area contributed by atoms with Crippen molar-refractivity contribution in [3.8, 4) is 11.5 Å². The predicted molar refractivity (Wildman–Crippen MR) is 81.3 cm³/mol. The fourth-order valence-corrected chi connectivity index (χ4v) is 3.02. The number of methoxy groups -OCH3 is 1. The molecule has 1 aliphatic rings. The van der Waals surface area contributed by atoms with Crippen LogP contribution in [0.4, 0.5) is 0 Å². The molecule has 1 heterocycles. The first kappa shape index (κ1) is 14.0. The van der Waals surface area contributed by atoms with Crippen molar-refractivity contribution in [1.29, 1.82) is 0 Å². The molecule has 0 saturated carbocycles. The summed E-state index contributed by atoms with van der Waals surface area (Å²) in [7, 11) is 1.63. The number of carbonyl (C=O) groups is 1. The lowest BCUT2D eigenvalue weighted by Crippen LogP contribution is -2.22. The van der Waals surface area contributed by atoms with Crippen LogP contribution in [0.15, 0.2) is 36.4 Å². The smallest absolute Gasteiger partial charge is 0.312 e. The molecule has 3 rings (SSSR count). The average Bonchev–Trinajstić information content (AvgIpc) is 2.50. The van der Waals surface area contributed by atoms with Crippen molar-refractivity contribution in [3.05, 3.63) is 58.1 Å². The van der Waals surface area contributed by atoms with E-state index in [0.717, 1.165) is 22.4 Å². The van der Waals surface area contributed by atoms with Crippen molar-refractivity contribution in [2.75, 3.05) is 7.11 Å². The van der Waals surface area contributed by atoms with Crippen LogP contribution in [0.5, 0.6) is 11.5 Å². The lowest BCUT2D eigenvalue weighted by molar-refractivity contribution is -0.135. The summed E-state index contributed by atoms with van der Waals surface area (Å²) >= 11 is 6.24. The van der Waals surface area contributed by atoms with Gasteiger partial charge in [0.1, 0.15) is 11.5 Å². The molecule has 0 amide bonds. The molecule has 0 aromatic heterocycles. The highest BCUT2D eigenvalue weighted by Gasteiger charge is 2.32. The summed E-state index contributed by atoms with van der Waals surface area (Å²) in [5, 5.41) is 0.673. The zero-order valence-electron chi connectivity index (χ0n) is 11.9. The van der Waals surface area contributed by atoms with E-state index in [1.165, 1.54) is 0 Å². The summed E-state index contributed by atoms with van der Waals surface area (Å²) in [6.45, 7) is 1.95. The molecule has 0 N–H and O–H groups in total. The van der Waals surface area contributed by atoms with Crippen LogP contribution in [-0.2, 0) is 4.79 Å². The Kier molecular flexibility index (Phi) is 3.60. The second kappa shape index (κ2) is 5.41. The van der Waals surface area contributed by atoms with Crippen molar-refractivity contribution in [2.24, 2.45) is 0 Å². The minimum atomic E-state index is -0.236. The van der Waals surface area contributed by atoms with Gasteiger partial charge in [-0.25, -0.2) is 0 Å². The molecular weight excluding hydrogens is 288 g/mol. The third-order valence-electron chi connectivity index (χ3n) is 3.87. The van der Waals surface area contributed by atoms with Crippen LogP contribution in [0.25, 0.3) is 0 Å². The number of esters is 1. The Morgan fingerprint density at radius 2 is 2.00 bits per heavy atom. The van der Waals surface area contributed by atoms with Crippen LogP contribution in [0.2, 0.25) is 5.02 Å². The highest BCUT2D eigenvalue weighted by Crippen LogP contribution is 2.44. The third kappa shape index (κ3) is 2.38. The topological polar surface area (TPSA) is 35.5 Å². The van der Waals surface area contributed by atoms with E-state index in [1.54, 1.807) is 19.2 Å². The van der Waals surface area contributed by atoms with Gasteiger partial charge in [0.25, 0.3) is 0 Å². The SMILES string of the molecule is COc1ccccc1[C@@H]1CC(=O)Oc2ccc(Cl)c(C)c21. The molecule has 0 radical (unpaired) electrons. The van der Waals surface area contributed by atoms with Crippen LogP contribution < -0.4 is 9.47 Å². The van der Waals surface area contributed by atoms with E-state index in [0.29, 0.717) is 10.8 Å². The molecule has 1 aliphatic heterocycles. The van der Waals surface area contributed by atoms with Gasteiger partial charge in [-0.3, -0.25) is 4.79 Å². The van der Waals surface area contributed by atoms with E-state index >= 15 is 0 Å². The minimum absolute atomic E-state index is 0.101. The molecule has 1 atom stereocenters.